The number of nitrogens with one attached hydrogen (secondary N) is 2. The molecule has 3 rings (SSSR count). The first kappa shape index (κ1) is 17.1. The van der Waals surface area contributed by atoms with Crippen LogP contribution >= 0.6 is 0 Å². The number of nitrogens with zero attached hydrogens (tertiary/aromatic N) is 3. The van der Waals surface area contributed by atoms with E-state index >= 15 is 0 Å². The maximum Gasteiger partial charge on any atom is 0.270 e. The van der Waals surface area contributed by atoms with E-state index in [0.717, 1.165) is 13.1 Å². The fourth-order valence-corrected chi connectivity index (χ4v) is 2.89. The Hall–Kier alpha value is -1.77. The molecule has 0 unspecified atom stereocenters. The number of ether oxygens (including phenoxy) is 1. The Kier molecular flexibility index (Phi) is 5.95. The van der Waals surface area contributed by atoms with Crippen LogP contribution in [0.3, 0.4) is 0 Å². The van der Waals surface area contributed by atoms with Crippen molar-refractivity contribution in [2.45, 2.75) is 31.4 Å². The van der Waals surface area contributed by atoms with Crippen molar-refractivity contribution in [2.75, 3.05) is 44.7 Å². The molecule has 0 spiro atoms. The van der Waals surface area contributed by atoms with Gasteiger partial charge in [-0.05, 0) is 25.9 Å². The Morgan fingerprint density at radius 2 is 2.12 bits per heavy atom. The SMILES string of the molecule is O=C(NC[C@H](O)CN1CCCCC1)c1cc(NC2COC2)ncn1. The van der Waals surface area contributed by atoms with E-state index in [0.29, 0.717) is 25.6 Å². The molecule has 1 aromatic rings. The first-order chi connectivity index (χ1) is 11.7. The van der Waals surface area contributed by atoms with Gasteiger partial charge in [-0.3, -0.25) is 4.79 Å². The minimum absolute atomic E-state index is 0.221. The van der Waals surface area contributed by atoms with Gasteiger partial charge in [-0.1, -0.05) is 6.42 Å². The Morgan fingerprint density at radius 3 is 2.83 bits per heavy atom. The van der Waals surface area contributed by atoms with Gasteiger partial charge in [0, 0.05) is 19.2 Å². The quantitative estimate of drug-likeness (QED) is 0.638. The topological polar surface area (TPSA) is 99.6 Å². The molecule has 2 aliphatic heterocycles. The van der Waals surface area contributed by atoms with Crippen molar-refractivity contribution in [1.82, 2.24) is 20.2 Å². The zero-order valence-electron chi connectivity index (χ0n) is 13.8. The molecule has 8 nitrogen and oxygen atoms in total. The van der Waals surface area contributed by atoms with Gasteiger partial charge in [0.1, 0.15) is 17.8 Å². The molecule has 8 heteroatoms. The summed E-state index contributed by atoms with van der Waals surface area (Å²) in [7, 11) is 0. The number of β-amino-alcohol motifs (C(OH)–C–C–N with tert-alkyl or cyclic N) is 1. The zero-order valence-corrected chi connectivity index (χ0v) is 13.8. The number of aromatic nitrogens is 2. The summed E-state index contributed by atoms with van der Waals surface area (Å²) in [5.41, 5.74) is 0.290. The summed E-state index contributed by atoms with van der Waals surface area (Å²) in [6, 6.07) is 1.85. The van der Waals surface area contributed by atoms with Crippen molar-refractivity contribution in [3.05, 3.63) is 18.1 Å². The molecule has 1 amide bonds. The lowest BCUT2D eigenvalue weighted by molar-refractivity contribution is 0.0209. The number of rotatable bonds is 7. The molecule has 1 aromatic heterocycles. The zero-order chi connectivity index (χ0) is 16.8. The number of amides is 1. The van der Waals surface area contributed by atoms with Gasteiger partial charge in [-0.15, -0.1) is 0 Å². The molecule has 24 heavy (non-hydrogen) atoms. The van der Waals surface area contributed by atoms with E-state index < -0.39 is 6.10 Å². The average molecular weight is 335 g/mol. The second-order valence-corrected chi connectivity index (χ2v) is 6.39. The number of carbonyl (C=O) groups is 1. The van der Waals surface area contributed by atoms with Gasteiger partial charge < -0.3 is 25.4 Å². The third-order valence-corrected chi connectivity index (χ3v) is 4.31. The summed E-state index contributed by atoms with van der Waals surface area (Å²) < 4.78 is 5.10. The molecule has 0 aliphatic carbocycles. The highest BCUT2D eigenvalue weighted by Crippen LogP contribution is 2.11. The van der Waals surface area contributed by atoms with E-state index in [4.69, 9.17) is 4.74 Å². The molecular weight excluding hydrogens is 310 g/mol. The van der Waals surface area contributed by atoms with E-state index in [1.54, 1.807) is 6.07 Å². The van der Waals surface area contributed by atoms with E-state index in [1.165, 1.54) is 25.6 Å². The Labute approximate surface area is 141 Å². The van der Waals surface area contributed by atoms with Gasteiger partial charge in [0.05, 0.1) is 25.4 Å². The highest BCUT2D eigenvalue weighted by atomic mass is 16.5. The lowest BCUT2D eigenvalue weighted by atomic mass is 10.1. The van der Waals surface area contributed by atoms with Crippen LogP contribution in [0.2, 0.25) is 0 Å². The average Bonchev–Trinajstić information content (AvgIpc) is 2.57. The number of likely N-dealkylation sites (tertiary alicyclic amines) is 1. The normalized spacial score (nSPS) is 20.2. The van der Waals surface area contributed by atoms with E-state index in [-0.39, 0.29) is 24.2 Å². The van der Waals surface area contributed by atoms with Gasteiger partial charge in [0.15, 0.2) is 0 Å². The summed E-state index contributed by atoms with van der Waals surface area (Å²) in [5, 5.41) is 16.0. The molecule has 0 bridgehead atoms. The Bertz CT molecular complexity index is 546. The summed E-state index contributed by atoms with van der Waals surface area (Å²) in [5.74, 6) is 0.306. The van der Waals surface area contributed by atoms with E-state index in [9.17, 15) is 9.90 Å². The van der Waals surface area contributed by atoms with Gasteiger partial charge in [0.25, 0.3) is 5.91 Å². The molecule has 0 radical (unpaired) electrons. The number of hydrogen-bond acceptors (Lipinski definition) is 7. The van der Waals surface area contributed by atoms with Crippen LogP contribution in [0.5, 0.6) is 0 Å². The maximum absolute atomic E-state index is 12.2. The van der Waals surface area contributed by atoms with Crippen LogP contribution in [0.4, 0.5) is 5.82 Å². The van der Waals surface area contributed by atoms with Crippen molar-refractivity contribution in [3.63, 3.8) is 0 Å². The number of anilines is 1. The second-order valence-electron chi connectivity index (χ2n) is 6.39. The largest absolute Gasteiger partial charge is 0.390 e. The van der Waals surface area contributed by atoms with Crippen molar-refractivity contribution in [1.29, 1.82) is 0 Å². The molecule has 1 atom stereocenters. The number of piperidine rings is 1. The Balaban J connectivity index is 1.44. The monoisotopic (exact) mass is 335 g/mol. The van der Waals surface area contributed by atoms with Gasteiger partial charge in [0.2, 0.25) is 0 Å². The molecule has 0 aromatic carbocycles. The maximum atomic E-state index is 12.2. The number of hydrogen-bond donors (Lipinski definition) is 3. The van der Waals surface area contributed by atoms with Crippen LogP contribution in [-0.2, 0) is 4.74 Å². The number of carbonyl (C=O) groups excluding carboxylic acids is 1. The first-order valence-corrected chi connectivity index (χ1v) is 8.55. The van der Waals surface area contributed by atoms with Crippen molar-refractivity contribution < 1.29 is 14.6 Å². The van der Waals surface area contributed by atoms with Crippen LogP contribution in [0.25, 0.3) is 0 Å². The third kappa shape index (κ3) is 4.86. The highest BCUT2D eigenvalue weighted by Gasteiger charge is 2.19. The standard InChI is InChI=1S/C16H25N5O3/c22-13(8-21-4-2-1-3-5-21)7-17-16(23)14-6-15(19-11-18-14)20-12-9-24-10-12/h6,11-13,22H,1-5,7-10H2,(H,17,23)(H,18,19,20)/t13-/m0/s1. The van der Waals surface area contributed by atoms with Crippen LogP contribution in [0.15, 0.2) is 12.4 Å². The van der Waals surface area contributed by atoms with Crippen LogP contribution in [-0.4, -0.2) is 77.4 Å². The molecule has 2 fully saturated rings. The lowest BCUT2D eigenvalue weighted by Crippen LogP contribution is -2.42. The lowest BCUT2D eigenvalue weighted by Gasteiger charge is -2.28. The molecule has 3 N–H and O–H groups in total. The summed E-state index contributed by atoms with van der Waals surface area (Å²) >= 11 is 0. The van der Waals surface area contributed by atoms with Crippen LogP contribution < -0.4 is 10.6 Å². The number of aliphatic hydroxyl groups is 1. The van der Waals surface area contributed by atoms with E-state index in [2.05, 4.69) is 25.5 Å². The molecule has 0 saturated carbocycles. The highest BCUT2D eigenvalue weighted by molar-refractivity contribution is 5.92. The summed E-state index contributed by atoms with van der Waals surface area (Å²) in [6.07, 6.45) is 4.42. The molecule has 2 saturated heterocycles. The van der Waals surface area contributed by atoms with Crippen LogP contribution in [0.1, 0.15) is 29.8 Å². The smallest absolute Gasteiger partial charge is 0.270 e. The van der Waals surface area contributed by atoms with E-state index in [1.807, 2.05) is 0 Å². The molecule has 132 valence electrons. The second kappa shape index (κ2) is 8.36. The van der Waals surface area contributed by atoms with Gasteiger partial charge in [-0.25, -0.2) is 9.97 Å². The van der Waals surface area contributed by atoms with Gasteiger partial charge in [-0.2, -0.15) is 0 Å². The summed E-state index contributed by atoms with van der Waals surface area (Å²) in [4.78, 5) is 22.5. The van der Waals surface area contributed by atoms with Crippen LogP contribution in [0, 0.1) is 0 Å². The predicted molar refractivity (Wildman–Crippen MR) is 88.9 cm³/mol. The Morgan fingerprint density at radius 1 is 1.33 bits per heavy atom. The van der Waals surface area contributed by atoms with Crippen molar-refractivity contribution in [2.24, 2.45) is 0 Å². The van der Waals surface area contributed by atoms with Gasteiger partial charge >= 0.3 is 0 Å². The van der Waals surface area contributed by atoms with Crippen molar-refractivity contribution >= 4 is 11.7 Å². The minimum atomic E-state index is -0.571. The fourth-order valence-electron chi connectivity index (χ4n) is 2.89. The molecular formula is C16H25N5O3. The minimum Gasteiger partial charge on any atom is -0.390 e. The first-order valence-electron chi connectivity index (χ1n) is 8.55. The number of aliphatic hydroxyl groups excluding tert-OH is 1. The summed E-state index contributed by atoms with van der Waals surface area (Å²) in [6.45, 7) is 4.16. The molecule has 2 aliphatic rings. The predicted octanol–water partition coefficient (Wildman–Crippen LogP) is -0.136. The third-order valence-electron chi connectivity index (χ3n) is 4.31. The van der Waals surface area contributed by atoms with Crippen molar-refractivity contribution in [3.8, 4) is 0 Å². The fraction of sp³-hybridized carbons (Fsp3) is 0.688. The molecule has 3 heterocycles.